The molecule has 2 unspecified atom stereocenters. The molecule has 0 aromatic heterocycles. The Morgan fingerprint density at radius 3 is 2.43 bits per heavy atom. The predicted octanol–water partition coefficient (Wildman–Crippen LogP) is 2.29. The second-order valence-electron chi connectivity index (χ2n) is 3.59. The van der Waals surface area contributed by atoms with Gasteiger partial charge in [-0.1, -0.05) is 20.3 Å². The molecule has 0 radical (unpaired) electrons. The zero-order chi connectivity index (χ0) is 11.0. The number of hydrogen-bond acceptors (Lipinski definition) is 2. The molecule has 0 spiro atoms. The van der Waals surface area contributed by atoms with Gasteiger partial charge in [-0.2, -0.15) is 0 Å². The first-order chi connectivity index (χ1) is 6.57. The van der Waals surface area contributed by atoms with Crippen molar-refractivity contribution in [3.05, 3.63) is 0 Å². The van der Waals surface area contributed by atoms with E-state index in [0.717, 1.165) is 6.42 Å². The Morgan fingerprint density at radius 2 is 1.93 bits per heavy atom. The molecule has 0 aromatic rings. The van der Waals surface area contributed by atoms with Crippen LogP contribution < -0.4 is 5.32 Å². The number of nitrogens with one attached hydrogen (secondary N) is 1. The molecule has 1 N–H and O–H groups in total. The summed E-state index contributed by atoms with van der Waals surface area (Å²) in [5, 5.41) is 3.24. The van der Waals surface area contributed by atoms with E-state index in [1.54, 1.807) is 0 Å². The van der Waals surface area contributed by atoms with E-state index in [1.807, 2.05) is 0 Å². The second-order valence-corrected chi connectivity index (χ2v) is 3.59. The van der Waals surface area contributed by atoms with Gasteiger partial charge in [0.25, 0.3) is 6.43 Å². The van der Waals surface area contributed by atoms with Crippen molar-refractivity contribution < 1.29 is 13.5 Å². The van der Waals surface area contributed by atoms with Crippen molar-refractivity contribution in [3.8, 4) is 0 Å². The van der Waals surface area contributed by atoms with E-state index in [1.165, 1.54) is 0 Å². The second kappa shape index (κ2) is 8.12. The average Bonchev–Trinajstić information content (AvgIpc) is 2.15. The highest BCUT2D eigenvalue weighted by Crippen LogP contribution is 2.05. The molecule has 0 aromatic carbocycles. The summed E-state index contributed by atoms with van der Waals surface area (Å²) in [6.07, 6.45) is -1.24. The van der Waals surface area contributed by atoms with Gasteiger partial charge in [-0.3, -0.25) is 0 Å². The van der Waals surface area contributed by atoms with E-state index in [-0.39, 0.29) is 0 Å². The van der Waals surface area contributed by atoms with E-state index in [9.17, 15) is 8.78 Å². The summed E-state index contributed by atoms with van der Waals surface area (Å²) in [6.45, 7) is 6.93. The Labute approximate surface area is 85.0 Å². The third kappa shape index (κ3) is 7.21. The predicted molar refractivity (Wildman–Crippen MR) is 53.7 cm³/mol. The van der Waals surface area contributed by atoms with Gasteiger partial charge in [-0.15, -0.1) is 0 Å². The fourth-order valence-corrected chi connectivity index (χ4v) is 1.09. The largest absolute Gasteiger partial charge is 0.374 e. The van der Waals surface area contributed by atoms with Crippen LogP contribution in [0.2, 0.25) is 0 Å². The van der Waals surface area contributed by atoms with Crippen molar-refractivity contribution >= 4 is 0 Å². The Hall–Kier alpha value is -0.220. The summed E-state index contributed by atoms with van der Waals surface area (Å²) in [7, 11) is 0. The fraction of sp³-hybridized carbons (Fsp3) is 1.00. The lowest BCUT2D eigenvalue weighted by Gasteiger charge is -2.19. The van der Waals surface area contributed by atoms with E-state index in [0.29, 0.717) is 25.1 Å². The van der Waals surface area contributed by atoms with Gasteiger partial charge in [0, 0.05) is 12.6 Å². The maximum atomic E-state index is 11.7. The quantitative estimate of drug-likeness (QED) is 0.619. The molecule has 0 bridgehead atoms. The van der Waals surface area contributed by atoms with Crippen molar-refractivity contribution in [2.75, 3.05) is 19.8 Å². The lowest BCUT2D eigenvalue weighted by atomic mass is 10.0. The smallest absolute Gasteiger partial charge is 0.261 e. The maximum Gasteiger partial charge on any atom is 0.261 e. The molecule has 0 aliphatic heterocycles. The van der Waals surface area contributed by atoms with Gasteiger partial charge in [0.2, 0.25) is 0 Å². The fourth-order valence-electron chi connectivity index (χ4n) is 1.09. The standard InChI is InChI=1S/C10H21F2NO/c1-4-8(2)9(3)13-5-6-14-7-10(11)12/h8-10,13H,4-7H2,1-3H3. The first kappa shape index (κ1) is 13.8. The van der Waals surface area contributed by atoms with Gasteiger partial charge in [-0.05, 0) is 12.8 Å². The van der Waals surface area contributed by atoms with Crippen LogP contribution in [0.5, 0.6) is 0 Å². The Morgan fingerprint density at radius 1 is 1.29 bits per heavy atom. The van der Waals surface area contributed by atoms with Crippen LogP contribution in [-0.4, -0.2) is 32.2 Å². The highest BCUT2D eigenvalue weighted by molar-refractivity contribution is 4.66. The summed E-state index contributed by atoms with van der Waals surface area (Å²) >= 11 is 0. The van der Waals surface area contributed by atoms with Crippen molar-refractivity contribution in [3.63, 3.8) is 0 Å². The van der Waals surface area contributed by atoms with Crippen LogP contribution in [0.1, 0.15) is 27.2 Å². The monoisotopic (exact) mass is 209 g/mol. The molecular weight excluding hydrogens is 188 g/mol. The van der Waals surface area contributed by atoms with Gasteiger partial charge in [0.1, 0.15) is 6.61 Å². The zero-order valence-corrected chi connectivity index (χ0v) is 9.22. The molecule has 0 fully saturated rings. The highest BCUT2D eigenvalue weighted by Gasteiger charge is 2.08. The minimum atomic E-state index is -2.36. The molecule has 0 heterocycles. The molecule has 0 aliphatic rings. The van der Waals surface area contributed by atoms with Crippen LogP contribution >= 0.6 is 0 Å². The highest BCUT2D eigenvalue weighted by atomic mass is 19.3. The number of halogens is 2. The number of rotatable bonds is 8. The van der Waals surface area contributed by atoms with Gasteiger partial charge in [0.15, 0.2) is 0 Å². The Bertz CT molecular complexity index is 133. The summed E-state index contributed by atoms with van der Waals surface area (Å²) in [6, 6.07) is 0.412. The van der Waals surface area contributed by atoms with Crippen molar-refractivity contribution in [2.24, 2.45) is 5.92 Å². The van der Waals surface area contributed by atoms with E-state index in [4.69, 9.17) is 4.74 Å². The van der Waals surface area contributed by atoms with Crippen LogP contribution in [0.3, 0.4) is 0 Å². The molecular formula is C10H21F2NO. The first-order valence-corrected chi connectivity index (χ1v) is 5.17. The summed E-state index contributed by atoms with van der Waals surface area (Å²) in [5.74, 6) is 0.602. The first-order valence-electron chi connectivity index (χ1n) is 5.17. The van der Waals surface area contributed by atoms with E-state index >= 15 is 0 Å². The molecule has 86 valence electrons. The number of hydrogen-bond donors (Lipinski definition) is 1. The topological polar surface area (TPSA) is 21.3 Å². The SMILES string of the molecule is CCC(C)C(C)NCCOCC(F)F. The summed E-state index contributed by atoms with van der Waals surface area (Å²) < 4.78 is 28.1. The normalized spacial score (nSPS) is 15.9. The van der Waals surface area contributed by atoms with Crippen LogP contribution in [-0.2, 0) is 4.74 Å². The van der Waals surface area contributed by atoms with Gasteiger partial charge in [0.05, 0.1) is 6.61 Å². The third-order valence-electron chi connectivity index (χ3n) is 2.45. The molecule has 4 heteroatoms. The number of alkyl halides is 2. The molecule has 0 saturated carbocycles. The zero-order valence-electron chi connectivity index (χ0n) is 9.22. The minimum absolute atomic E-state index is 0.352. The third-order valence-corrected chi connectivity index (χ3v) is 2.45. The van der Waals surface area contributed by atoms with Crippen molar-refractivity contribution in [2.45, 2.75) is 39.7 Å². The lowest BCUT2D eigenvalue weighted by Crippen LogP contribution is -2.34. The Balaban J connectivity index is 3.27. The van der Waals surface area contributed by atoms with Crippen LogP contribution in [0.15, 0.2) is 0 Å². The van der Waals surface area contributed by atoms with Gasteiger partial charge >= 0.3 is 0 Å². The minimum Gasteiger partial charge on any atom is -0.374 e. The molecule has 2 atom stereocenters. The molecule has 0 aliphatic carbocycles. The van der Waals surface area contributed by atoms with Crippen molar-refractivity contribution in [1.29, 1.82) is 0 Å². The van der Waals surface area contributed by atoms with Crippen LogP contribution in [0.4, 0.5) is 8.78 Å². The number of ether oxygens (including phenoxy) is 1. The van der Waals surface area contributed by atoms with Crippen LogP contribution in [0, 0.1) is 5.92 Å². The van der Waals surface area contributed by atoms with Crippen LogP contribution in [0.25, 0.3) is 0 Å². The molecule has 0 rings (SSSR count). The molecule has 2 nitrogen and oxygen atoms in total. The maximum absolute atomic E-state index is 11.7. The van der Waals surface area contributed by atoms with Gasteiger partial charge < -0.3 is 10.1 Å². The van der Waals surface area contributed by atoms with E-state index in [2.05, 4.69) is 26.1 Å². The average molecular weight is 209 g/mol. The molecule has 14 heavy (non-hydrogen) atoms. The summed E-state index contributed by atoms with van der Waals surface area (Å²) in [5.41, 5.74) is 0. The summed E-state index contributed by atoms with van der Waals surface area (Å²) in [4.78, 5) is 0. The van der Waals surface area contributed by atoms with Gasteiger partial charge in [-0.25, -0.2) is 8.78 Å². The molecule has 0 saturated heterocycles. The molecule has 0 amide bonds. The Kier molecular flexibility index (Phi) is 7.99. The van der Waals surface area contributed by atoms with E-state index < -0.39 is 13.0 Å². The van der Waals surface area contributed by atoms with Crippen molar-refractivity contribution in [1.82, 2.24) is 5.32 Å². The lowest BCUT2D eigenvalue weighted by molar-refractivity contribution is 0.0179.